The predicted molar refractivity (Wildman–Crippen MR) is 81.7 cm³/mol. The molecular weight excluding hydrogens is 318 g/mol. The lowest BCUT2D eigenvalue weighted by molar-refractivity contribution is -0.127. The fraction of sp³-hybridized carbons (Fsp3) is 0.357. The lowest BCUT2D eigenvalue weighted by atomic mass is 10.0. The molecule has 0 unspecified atom stereocenters. The average molecular weight is 335 g/mol. The second-order valence-corrected chi connectivity index (χ2v) is 7.23. The number of amides is 1. The first-order chi connectivity index (χ1) is 10.9. The van der Waals surface area contributed by atoms with E-state index in [4.69, 9.17) is 0 Å². The van der Waals surface area contributed by atoms with Gasteiger partial charge in [0.05, 0.1) is 18.3 Å². The highest BCUT2D eigenvalue weighted by atomic mass is 32.2. The molecule has 2 aromatic heterocycles. The first kappa shape index (κ1) is 15.6. The number of carbonyl (C=O) groups is 1. The van der Waals surface area contributed by atoms with E-state index in [-0.39, 0.29) is 23.3 Å². The van der Waals surface area contributed by atoms with Crippen molar-refractivity contribution in [2.45, 2.75) is 23.4 Å². The number of sulfonamides is 1. The molecule has 0 aliphatic carbocycles. The molecular formula is C14H17N5O3S. The smallest absolute Gasteiger partial charge is 0.244 e. The van der Waals surface area contributed by atoms with Crippen molar-refractivity contribution >= 4 is 15.9 Å². The predicted octanol–water partition coefficient (Wildman–Crippen LogP) is 0.0654. The van der Waals surface area contributed by atoms with E-state index in [0.717, 1.165) is 5.56 Å². The third kappa shape index (κ3) is 2.97. The first-order valence-corrected chi connectivity index (χ1v) is 8.53. The van der Waals surface area contributed by atoms with Gasteiger partial charge >= 0.3 is 0 Å². The van der Waals surface area contributed by atoms with Gasteiger partial charge in [-0.15, -0.1) is 0 Å². The van der Waals surface area contributed by atoms with Crippen LogP contribution in [0.1, 0.15) is 18.0 Å². The molecule has 0 bridgehead atoms. The Morgan fingerprint density at radius 2 is 2.09 bits per heavy atom. The van der Waals surface area contributed by atoms with Crippen LogP contribution in [0.2, 0.25) is 0 Å². The van der Waals surface area contributed by atoms with Crippen LogP contribution in [0, 0.1) is 0 Å². The summed E-state index contributed by atoms with van der Waals surface area (Å²) in [7, 11) is -0.435. The van der Waals surface area contributed by atoms with Crippen molar-refractivity contribution in [3.8, 4) is 0 Å². The number of aromatic nitrogens is 3. The lowest BCUT2D eigenvalue weighted by Gasteiger charge is -2.25. The zero-order valence-corrected chi connectivity index (χ0v) is 13.6. The molecule has 2 aromatic rings. The molecule has 23 heavy (non-hydrogen) atoms. The van der Waals surface area contributed by atoms with Gasteiger partial charge in [0.25, 0.3) is 0 Å². The minimum atomic E-state index is -3.74. The number of carbonyl (C=O) groups excluding carboxylic acids is 1. The van der Waals surface area contributed by atoms with Crippen LogP contribution in [0.15, 0.2) is 41.8 Å². The number of hydrogen-bond donors (Lipinski definition) is 1. The third-order valence-electron chi connectivity index (χ3n) is 3.91. The molecule has 9 heteroatoms. The zero-order valence-electron chi connectivity index (χ0n) is 12.7. The van der Waals surface area contributed by atoms with Gasteiger partial charge in [0, 0.05) is 39.1 Å². The highest BCUT2D eigenvalue weighted by Gasteiger charge is 2.41. The molecule has 0 radical (unpaired) electrons. The van der Waals surface area contributed by atoms with E-state index < -0.39 is 16.1 Å². The minimum absolute atomic E-state index is 0.0759. The normalized spacial score (nSPS) is 21.8. The molecule has 3 rings (SSSR count). The summed E-state index contributed by atoms with van der Waals surface area (Å²) in [6.07, 6.45) is 6.08. The van der Waals surface area contributed by atoms with Crippen molar-refractivity contribution in [3.63, 3.8) is 0 Å². The van der Waals surface area contributed by atoms with Crippen molar-refractivity contribution in [1.82, 2.24) is 24.4 Å². The van der Waals surface area contributed by atoms with Crippen LogP contribution in [0.25, 0.3) is 0 Å². The fourth-order valence-corrected chi connectivity index (χ4v) is 4.01. The van der Waals surface area contributed by atoms with E-state index in [2.05, 4.69) is 14.8 Å². The number of likely N-dealkylation sites (tertiary alicyclic amines) is 1. The molecule has 1 N–H and O–H groups in total. The molecule has 3 heterocycles. The monoisotopic (exact) mass is 335 g/mol. The van der Waals surface area contributed by atoms with Gasteiger partial charge in [-0.2, -0.15) is 5.10 Å². The Balaban J connectivity index is 1.90. The quantitative estimate of drug-likeness (QED) is 0.852. The molecule has 0 saturated carbocycles. The first-order valence-electron chi connectivity index (χ1n) is 7.05. The van der Waals surface area contributed by atoms with E-state index in [0.29, 0.717) is 0 Å². The number of rotatable bonds is 4. The number of hydrogen-bond acceptors (Lipinski definition) is 5. The van der Waals surface area contributed by atoms with Crippen molar-refractivity contribution in [1.29, 1.82) is 0 Å². The average Bonchev–Trinajstić information content (AvgIpc) is 3.05. The van der Waals surface area contributed by atoms with Crippen LogP contribution in [0.5, 0.6) is 0 Å². The molecule has 1 amide bonds. The van der Waals surface area contributed by atoms with Crippen molar-refractivity contribution < 1.29 is 13.2 Å². The standard InChI is InChI=1S/C14H17N5O3S/c1-18-9-11(8-16-18)23(21,22)17-12-6-13(20)19(2)14(12)10-4-3-5-15-7-10/h3-5,7-9,12,14,17H,6H2,1-2H3/t12-,14+/m1/s1. The summed E-state index contributed by atoms with van der Waals surface area (Å²) < 4.78 is 29.0. The summed E-state index contributed by atoms with van der Waals surface area (Å²) in [6, 6.07) is 2.65. The summed E-state index contributed by atoms with van der Waals surface area (Å²) in [5.41, 5.74) is 0.791. The number of likely N-dealkylation sites (N-methyl/N-ethyl adjacent to an activating group) is 1. The Bertz CT molecular complexity index is 818. The van der Waals surface area contributed by atoms with Gasteiger partial charge in [-0.05, 0) is 11.6 Å². The van der Waals surface area contributed by atoms with Crippen molar-refractivity contribution in [2.24, 2.45) is 7.05 Å². The second kappa shape index (κ2) is 5.74. The van der Waals surface area contributed by atoms with Crippen molar-refractivity contribution in [2.75, 3.05) is 7.05 Å². The molecule has 122 valence electrons. The molecule has 0 aromatic carbocycles. The number of aryl methyl sites for hydroxylation is 1. The maximum Gasteiger partial charge on any atom is 0.244 e. The number of nitrogens with zero attached hydrogens (tertiary/aromatic N) is 4. The van der Waals surface area contributed by atoms with E-state index >= 15 is 0 Å². The molecule has 1 aliphatic heterocycles. The largest absolute Gasteiger partial charge is 0.337 e. The van der Waals surface area contributed by atoms with E-state index in [1.54, 1.807) is 37.5 Å². The Kier molecular flexibility index (Phi) is 3.90. The molecule has 2 atom stereocenters. The van der Waals surface area contributed by atoms with Crippen LogP contribution in [-0.2, 0) is 21.9 Å². The zero-order chi connectivity index (χ0) is 16.6. The summed E-state index contributed by atoms with van der Waals surface area (Å²) in [4.78, 5) is 17.7. The molecule has 8 nitrogen and oxygen atoms in total. The molecule has 1 saturated heterocycles. The third-order valence-corrected chi connectivity index (χ3v) is 5.35. The summed E-state index contributed by atoms with van der Waals surface area (Å²) >= 11 is 0. The Labute approximate surface area is 134 Å². The van der Waals surface area contributed by atoms with Gasteiger partial charge in [-0.3, -0.25) is 14.5 Å². The van der Waals surface area contributed by atoms with Crippen LogP contribution >= 0.6 is 0 Å². The van der Waals surface area contributed by atoms with E-state index in [9.17, 15) is 13.2 Å². The summed E-state index contributed by atoms with van der Waals surface area (Å²) in [5.74, 6) is -0.113. The van der Waals surface area contributed by atoms with Gasteiger partial charge in [-0.1, -0.05) is 6.07 Å². The minimum Gasteiger partial charge on any atom is -0.337 e. The number of nitrogens with one attached hydrogen (secondary N) is 1. The van der Waals surface area contributed by atoms with Gasteiger partial charge in [-0.25, -0.2) is 13.1 Å². The van der Waals surface area contributed by atoms with E-state index in [1.165, 1.54) is 17.1 Å². The SMILES string of the molecule is CN1C(=O)C[C@@H](NS(=O)(=O)c2cnn(C)c2)[C@@H]1c1cccnc1. The van der Waals surface area contributed by atoms with Gasteiger partial charge in [0.2, 0.25) is 15.9 Å². The Morgan fingerprint density at radius 1 is 1.30 bits per heavy atom. The van der Waals surface area contributed by atoms with Crippen LogP contribution in [0.4, 0.5) is 0 Å². The van der Waals surface area contributed by atoms with E-state index in [1.807, 2.05) is 6.07 Å². The summed E-state index contributed by atoms with van der Waals surface area (Å²) in [6.45, 7) is 0. The van der Waals surface area contributed by atoms with Crippen LogP contribution in [0.3, 0.4) is 0 Å². The molecule has 0 spiro atoms. The topological polar surface area (TPSA) is 97.2 Å². The Hall–Kier alpha value is -2.26. The highest BCUT2D eigenvalue weighted by molar-refractivity contribution is 7.89. The number of pyridine rings is 1. The van der Waals surface area contributed by atoms with Crippen LogP contribution < -0.4 is 4.72 Å². The van der Waals surface area contributed by atoms with Gasteiger partial charge in [0.15, 0.2) is 0 Å². The van der Waals surface area contributed by atoms with Gasteiger partial charge in [0.1, 0.15) is 4.90 Å². The second-order valence-electron chi connectivity index (χ2n) is 5.52. The Morgan fingerprint density at radius 3 is 2.70 bits per heavy atom. The van der Waals surface area contributed by atoms with Crippen LogP contribution in [-0.4, -0.2) is 47.1 Å². The summed E-state index contributed by atoms with van der Waals surface area (Å²) in [5, 5.41) is 3.87. The highest BCUT2D eigenvalue weighted by Crippen LogP contribution is 2.32. The lowest BCUT2D eigenvalue weighted by Crippen LogP contribution is -2.38. The maximum atomic E-state index is 12.5. The van der Waals surface area contributed by atoms with Gasteiger partial charge < -0.3 is 4.90 Å². The fourth-order valence-electron chi connectivity index (χ4n) is 2.79. The molecule has 1 aliphatic rings. The van der Waals surface area contributed by atoms with Crippen molar-refractivity contribution in [3.05, 3.63) is 42.5 Å². The maximum absolute atomic E-state index is 12.5. The molecule has 1 fully saturated rings.